The molecular weight excluding hydrogens is 340 g/mol. The van der Waals surface area contributed by atoms with Crippen LogP contribution < -0.4 is 4.74 Å². The van der Waals surface area contributed by atoms with E-state index in [1.165, 1.54) is 38.1 Å². The Hall–Kier alpha value is -1.73. The van der Waals surface area contributed by atoms with Gasteiger partial charge in [-0.2, -0.15) is 8.78 Å². The van der Waals surface area contributed by atoms with Crippen LogP contribution in [0.4, 0.5) is 8.78 Å². The number of ether oxygens (including phenoxy) is 1. The highest BCUT2D eigenvalue weighted by Crippen LogP contribution is 2.31. The molecule has 4 fully saturated rings. The Bertz CT molecular complexity index is 641. The van der Waals surface area contributed by atoms with Crippen LogP contribution in [0.2, 0.25) is 0 Å². The number of piperazine rings is 1. The molecule has 0 aliphatic carbocycles. The van der Waals surface area contributed by atoms with Crippen LogP contribution in [0.1, 0.15) is 23.2 Å². The number of alkyl halides is 2. The molecule has 0 aromatic heterocycles. The summed E-state index contributed by atoms with van der Waals surface area (Å²) in [4.78, 5) is 19.6. The highest BCUT2D eigenvalue weighted by Gasteiger charge is 2.38. The van der Waals surface area contributed by atoms with Crippen LogP contribution in [-0.2, 0) is 0 Å². The number of halogens is 2. The summed E-state index contributed by atoms with van der Waals surface area (Å²) in [6, 6.07) is 6.69. The third-order valence-electron chi connectivity index (χ3n) is 6.00. The molecule has 7 heteroatoms. The lowest BCUT2D eigenvalue weighted by atomic mass is 9.83. The summed E-state index contributed by atoms with van der Waals surface area (Å²) < 4.78 is 29.1. The number of fused-ring (bicyclic) bond motifs is 3. The number of amides is 1. The molecule has 5 rings (SSSR count). The SMILES string of the molecule is O=C(c1cccc(OC(F)F)c1)N1CCN(C2CN3CCC2CC3)CC1. The van der Waals surface area contributed by atoms with E-state index in [0.29, 0.717) is 24.7 Å². The molecule has 1 amide bonds. The zero-order valence-electron chi connectivity index (χ0n) is 14.8. The van der Waals surface area contributed by atoms with Crippen LogP contribution in [0.3, 0.4) is 0 Å². The van der Waals surface area contributed by atoms with E-state index in [9.17, 15) is 13.6 Å². The van der Waals surface area contributed by atoms with Crippen molar-refractivity contribution >= 4 is 5.91 Å². The molecule has 0 spiro atoms. The van der Waals surface area contributed by atoms with Gasteiger partial charge in [0.2, 0.25) is 0 Å². The van der Waals surface area contributed by atoms with Crippen molar-refractivity contribution in [3.05, 3.63) is 29.8 Å². The smallest absolute Gasteiger partial charge is 0.387 e. The average Bonchev–Trinajstić information content (AvgIpc) is 2.68. The molecule has 4 heterocycles. The highest BCUT2D eigenvalue weighted by molar-refractivity contribution is 5.94. The quantitative estimate of drug-likeness (QED) is 0.819. The maximum atomic E-state index is 12.7. The van der Waals surface area contributed by atoms with Gasteiger partial charge in [-0.05, 0) is 50.0 Å². The van der Waals surface area contributed by atoms with Crippen LogP contribution in [-0.4, -0.2) is 79.1 Å². The molecule has 5 nitrogen and oxygen atoms in total. The summed E-state index contributed by atoms with van der Waals surface area (Å²) in [6.07, 6.45) is 2.58. The Morgan fingerprint density at radius 2 is 1.81 bits per heavy atom. The fourth-order valence-electron chi connectivity index (χ4n) is 4.59. The molecule has 1 unspecified atom stereocenters. The van der Waals surface area contributed by atoms with Gasteiger partial charge in [-0.15, -0.1) is 0 Å². The maximum Gasteiger partial charge on any atom is 0.387 e. The van der Waals surface area contributed by atoms with E-state index >= 15 is 0 Å². The lowest BCUT2D eigenvalue weighted by molar-refractivity contribution is -0.0499. The van der Waals surface area contributed by atoms with Crippen LogP contribution in [0.5, 0.6) is 5.75 Å². The topological polar surface area (TPSA) is 36.0 Å². The predicted octanol–water partition coefficient (Wildman–Crippen LogP) is 2.14. The second-order valence-corrected chi connectivity index (χ2v) is 7.44. The Balaban J connectivity index is 1.35. The summed E-state index contributed by atoms with van der Waals surface area (Å²) >= 11 is 0. The first kappa shape index (κ1) is 17.7. The number of piperidine rings is 3. The van der Waals surface area contributed by atoms with Crippen molar-refractivity contribution in [2.24, 2.45) is 5.92 Å². The predicted molar refractivity (Wildman–Crippen MR) is 93.5 cm³/mol. The van der Waals surface area contributed by atoms with E-state index in [2.05, 4.69) is 14.5 Å². The van der Waals surface area contributed by atoms with Gasteiger partial charge >= 0.3 is 6.61 Å². The minimum Gasteiger partial charge on any atom is -0.435 e. The van der Waals surface area contributed by atoms with E-state index in [-0.39, 0.29) is 11.7 Å². The van der Waals surface area contributed by atoms with Crippen molar-refractivity contribution in [2.45, 2.75) is 25.5 Å². The van der Waals surface area contributed by atoms with Crippen molar-refractivity contribution < 1.29 is 18.3 Å². The molecule has 0 saturated carbocycles. The summed E-state index contributed by atoms with van der Waals surface area (Å²) in [6.45, 7) is 3.87. The van der Waals surface area contributed by atoms with Gasteiger partial charge in [0.25, 0.3) is 5.91 Å². The Labute approximate surface area is 152 Å². The minimum atomic E-state index is -2.88. The number of carbonyl (C=O) groups excluding carboxylic acids is 1. The van der Waals surface area contributed by atoms with Crippen molar-refractivity contribution in [3.63, 3.8) is 0 Å². The Morgan fingerprint density at radius 3 is 2.42 bits per heavy atom. The average molecular weight is 365 g/mol. The van der Waals surface area contributed by atoms with Gasteiger partial charge in [-0.3, -0.25) is 9.69 Å². The normalized spacial score (nSPS) is 29.2. The lowest BCUT2D eigenvalue weighted by Crippen LogP contribution is -2.61. The minimum absolute atomic E-state index is 0.0248. The van der Waals surface area contributed by atoms with Crippen molar-refractivity contribution in [1.29, 1.82) is 0 Å². The van der Waals surface area contributed by atoms with Gasteiger partial charge in [0.05, 0.1) is 0 Å². The molecule has 2 bridgehead atoms. The summed E-state index contributed by atoms with van der Waals surface area (Å²) in [5.74, 6) is 0.709. The fourth-order valence-corrected chi connectivity index (χ4v) is 4.59. The first-order valence-electron chi connectivity index (χ1n) is 9.41. The van der Waals surface area contributed by atoms with Crippen LogP contribution in [0, 0.1) is 5.92 Å². The van der Waals surface area contributed by atoms with Crippen molar-refractivity contribution in [2.75, 3.05) is 45.8 Å². The third kappa shape index (κ3) is 3.69. The summed E-state index contributed by atoms with van der Waals surface area (Å²) in [7, 11) is 0. The largest absolute Gasteiger partial charge is 0.435 e. The molecule has 26 heavy (non-hydrogen) atoms. The van der Waals surface area contributed by atoms with Crippen molar-refractivity contribution in [3.8, 4) is 5.75 Å². The molecule has 1 aromatic rings. The van der Waals surface area contributed by atoms with Crippen molar-refractivity contribution in [1.82, 2.24) is 14.7 Å². The summed E-state index contributed by atoms with van der Waals surface area (Å²) in [5, 5.41) is 0. The van der Waals surface area contributed by atoms with Gasteiger partial charge in [0, 0.05) is 44.3 Å². The molecule has 4 saturated heterocycles. The van der Waals surface area contributed by atoms with Gasteiger partial charge < -0.3 is 14.5 Å². The third-order valence-corrected chi connectivity index (χ3v) is 6.00. The molecule has 4 aliphatic rings. The monoisotopic (exact) mass is 365 g/mol. The van der Waals surface area contributed by atoms with Crippen LogP contribution in [0.15, 0.2) is 24.3 Å². The molecule has 142 valence electrons. The number of benzene rings is 1. The molecule has 0 radical (unpaired) electrons. The zero-order valence-corrected chi connectivity index (χ0v) is 14.8. The fraction of sp³-hybridized carbons (Fsp3) is 0.632. The number of rotatable bonds is 4. The maximum absolute atomic E-state index is 12.7. The molecule has 1 atom stereocenters. The standard InChI is InChI=1S/C19H25F2N3O2/c20-19(21)26-16-3-1-2-15(12-16)18(25)24-10-8-23(9-11-24)17-13-22-6-4-14(17)5-7-22/h1-3,12,14,17,19H,4-11,13H2. The van der Waals surface area contributed by atoms with E-state index < -0.39 is 6.61 Å². The first-order chi connectivity index (χ1) is 12.6. The van der Waals surface area contributed by atoms with E-state index in [1.54, 1.807) is 12.1 Å². The van der Waals surface area contributed by atoms with E-state index in [1.807, 2.05) is 4.90 Å². The van der Waals surface area contributed by atoms with E-state index in [0.717, 1.165) is 25.6 Å². The first-order valence-corrected chi connectivity index (χ1v) is 9.41. The Morgan fingerprint density at radius 1 is 1.08 bits per heavy atom. The van der Waals surface area contributed by atoms with Crippen LogP contribution in [0.25, 0.3) is 0 Å². The number of nitrogens with zero attached hydrogens (tertiary/aromatic N) is 3. The van der Waals surface area contributed by atoms with Gasteiger partial charge in [-0.25, -0.2) is 0 Å². The number of hydrogen-bond donors (Lipinski definition) is 0. The van der Waals surface area contributed by atoms with E-state index in [4.69, 9.17) is 0 Å². The number of hydrogen-bond acceptors (Lipinski definition) is 4. The van der Waals surface area contributed by atoms with Crippen LogP contribution >= 0.6 is 0 Å². The molecule has 0 N–H and O–H groups in total. The summed E-state index contributed by atoms with van der Waals surface area (Å²) in [5.41, 5.74) is 0.402. The number of carbonyl (C=O) groups is 1. The van der Waals surface area contributed by atoms with Gasteiger partial charge in [0.15, 0.2) is 0 Å². The lowest BCUT2D eigenvalue weighted by Gasteiger charge is -2.51. The molecule has 1 aromatic carbocycles. The second kappa shape index (κ2) is 7.48. The Kier molecular flexibility index (Phi) is 5.09. The van der Waals surface area contributed by atoms with Gasteiger partial charge in [-0.1, -0.05) is 6.07 Å². The zero-order chi connectivity index (χ0) is 18.1. The van der Waals surface area contributed by atoms with Gasteiger partial charge in [0.1, 0.15) is 5.75 Å². The highest BCUT2D eigenvalue weighted by atomic mass is 19.3. The molecule has 4 aliphatic heterocycles. The second-order valence-electron chi connectivity index (χ2n) is 7.44. The molecular formula is C19H25F2N3O2.